The number of rotatable bonds is 7. The van der Waals surface area contributed by atoms with Crippen molar-refractivity contribution in [2.75, 3.05) is 6.54 Å². The quantitative estimate of drug-likeness (QED) is 0.758. The minimum atomic E-state index is -0.163. The Morgan fingerprint density at radius 3 is 2.37 bits per heavy atom. The summed E-state index contributed by atoms with van der Waals surface area (Å²) in [5, 5.41) is 3.49. The van der Waals surface area contributed by atoms with Gasteiger partial charge < -0.3 is 5.32 Å². The van der Waals surface area contributed by atoms with Crippen LogP contribution in [0.1, 0.15) is 39.7 Å². The molecular weight excluding hydrogens is 305 g/mol. The Balaban J connectivity index is 2.69. The number of nitrogens with one attached hydrogen (secondary N) is 1. The van der Waals surface area contributed by atoms with E-state index >= 15 is 0 Å². The van der Waals surface area contributed by atoms with Gasteiger partial charge in [0.2, 0.25) is 0 Å². The van der Waals surface area contributed by atoms with Crippen LogP contribution < -0.4 is 5.32 Å². The van der Waals surface area contributed by atoms with Crippen LogP contribution >= 0.6 is 15.9 Å². The molecule has 0 heterocycles. The zero-order valence-corrected chi connectivity index (χ0v) is 13.9. The largest absolute Gasteiger partial charge is 0.314 e. The smallest absolute Gasteiger partial charge is 0.124 e. The lowest BCUT2D eigenvalue weighted by atomic mass is 9.90. The number of hydrogen-bond donors (Lipinski definition) is 1. The first kappa shape index (κ1) is 16.6. The SMILES string of the molecule is CC(C)CC(CNC(C)C)Cc1cc(F)cc(Br)c1. The highest BCUT2D eigenvalue weighted by molar-refractivity contribution is 9.10. The zero-order valence-electron chi connectivity index (χ0n) is 12.3. The van der Waals surface area contributed by atoms with Gasteiger partial charge in [-0.3, -0.25) is 0 Å². The molecule has 1 N–H and O–H groups in total. The molecule has 3 heteroatoms. The van der Waals surface area contributed by atoms with Crippen molar-refractivity contribution in [3.05, 3.63) is 34.1 Å². The van der Waals surface area contributed by atoms with Gasteiger partial charge in [0.05, 0.1) is 0 Å². The number of hydrogen-bond acceptors (Lipinski definition) is 1. The molecule has 108 valence electrons. The van der Waals surface area contributed by atoms with Crippen LogP contribution in [0.2, 0.25) is 0 Å². The number of benzene rings is 1. The van der Waals surface area contributed by atoms with Gasteiger partial charge in [-0.1, -0.05) is 43.6 Å². The van der Waals surface area contributed by atoms with E-state index in [0.717, 1.165) is 29.4 Å². The highest BCUT2D eigenvalue weighted by Crippen LogP contribution is 2.21. The predicted molar refractivity (Wildman–Crippen MR) is 83.9 cm³/mol. The van der Waals surface area contributed by atoms with Crippen molar-refractivity contribution in [1.82, 2.24) is 5.32 Å². The van der Waals surface area contributed by atoms with Gasteiger partial charge in [-0.2, -0.15) is 0 Å². The van der Waals surface area contributed by atoms with E-state index < -0.39 is 0 Å². The Labute approximate surface area is 125 Å². The normalized spacial score (nSPS) is 13.3. The molecule has 0 aromatic heterocycles. The second-order valence-corrected chi connectivity index (χ2v) is 6.96. The maximum absolute atomic E-state index is 13.4. The molecule has 0 aliphatic heterocycles. The van der Waals surface area contributed by atoms with Crippen LogP contribution in [0.25, 0.3) is 0 Å². The highest BCUT2D eigenvalue weighted by atomic mass is 79.9. The average molecular weight is 330 g/mol. The van der Waals surface area contributed by atoms with E-state index in [1.807, 2.05) is 6.07 Å². The van der Waals surface area contributed by atoms with Crippen molar-refractivity contribution in [1.29, 1.82) is 0 Å². The lowest BCUT2D eigenvalue weighted by Crippen LogP contribution is -2.30. The fraction of sp³-hybridized carbons (Fsp3) is 0.625. The van der Waals surface area contributed by atoms with Gasteiger partial charge in [-0.05, 0) is 55.0 Å². The van der Waals surface area contributed by atoms with Crippen molar-refractivity contribution in [2.45, 2.75) is 46.6 Å². The Morgan fingerprint density at radius 2 is 1.84 bits per heavy atom. The summed E-state index contributed by atoms with van der Waals surface area (Å²) in [5.41, 5.74) is 1.07. The molecule has 0 fully saturated rings. The summed E-state index contributed by atoms with van der Waals surface area (Å²) in [6.07, 6.45) is 2.09. The standard InChI is InChI=1S/C16H25BrFN/c1-11(2)5-14(10-19-12(3)4)6-13-7-15(17)9-16(18)8-13/h7-9,11-12,14,19H,5-6,10H2,1-4H3. The maximum atomic E-state index is 13.4. The predicted octanol–water partition coefficient (Wildman–Crippen LogP) is 4.79. The topological polar surface area (TPSA) is 12.0 Å². The molecule has 0 saturated heterocycles. The van der Waals surface area contributed by atoms with Crippen molar-refractivity contribution in [3.8, 4) is 0 Å². The fourth-order valence-electron chi connectivity index (χ4n) is 2.37. The molecule has 1 atom stereocenters. The highest BCUT2D eigenvalue weighted by Gasteiger charge is 2.13. The third-order valence-corrected chi connectivity index (χ3v) is 3.52. The van der Waals surface area contributed by atoms with Gasteiger partial charge in [-0.25, -0.2) is 4.39 Å². The van der Waals surface area contributed by atoms with E-state index in [2.05, 4.69) is 48.9 Å². The Kier molecular flexibility index (Phi) is 7.01. The first-order chi connectivity index (χ1) is 8.86. The van der Waals surface area contributed by atoms with Crippen LogP contribution in [-0.4, -0.2) is 12.6 Å². The van der Waals surface area contributed by atoms with Crippen molar-refractivity contribution in [2.24, 2.45) is 11.8 Å². The van der Waals surface area contributed by atoms with Crippen LogP contribution in [0.5, 0.6) is 0 Å². The first-order valence-electron chi connectivity index (χ1n) is 7.05. The second-order valence-electron chi connectivity index (χ2n) is 6.04. The molecule has 1 aromatic carbocycles. The second kappa shape index (κ2) is 8.01. The molecule has 1 rings (SSSR count). The van der Waals surface area contributed by atoms with Crippen LogP contribution in [0.4, 0.5) is 4.39 Å². The molecule has 1 unspecified atom stereocenters. The van der Waals surface area contributed by atoms with E-state index in [9.17, 15) is 4.39 Å². The lowest BCUT2D eigenvalue weighted by molar-refractivity contribution is 0.372. The summed E-state index contributed by atoms with van der Waals surface area (Å²) < 4.78 is 14.2. The summed E-state index contributed by atoms with van der Waals surface area (Å²) in [7, 11) is 0. The van der Waals surface area contributed by atoms with Gasteiger partial charge >= 0.3 is 0 Å². The third kappa shape index (κ3) is 7.07. The average Bonchev–Trinajstić information content (AvgIpc) is 2.23. The van der Waals surface area contributed by atoms with Gasteiger partial charge in [0.25, 0.3) is 0 Å². The van der Waals surface area contributed by atoms with E-state index in [-0.39, 0.29) is 5.82 Å². The lowest BCUT2D eigenvalue weighted by Gasteiger charge is -2.21. The van der Waals surface area contributed by atoms with E-state index in [1.165, 1.54) is 6.07 Å². The van der Waals surface area contributed by atoms with E-state index in [0.29, 0.717) is 17.9 Å². The molecule has 1 nitrogen and oxygen atoms in total. The van der Waals surface area contributed by atoms with Crippen LogP contribution in [0, 0.1) is 17.7 Å². The third-order valence-electron chi connectivity index (χ3n) is 3.07. The summed E-state index contributed by atoms with van der Waals surface area (Å²) in [5.74, 6) is 1.05. The zero-order chi connectivity index (χ0) is 14.4. The molecule has 0 radical (unpaired) electrons. The molecule has 0 aliphatic rings. The van der Waals surface area contributed by atoms with Crippen molar-refractivity contribution >= 4 is 15.9 Å². The maximum Gasteiger partial charge on any atom is 0.124 e. The Bertz CT molecular complexity index is 370. The van der Waals surface area contributed by atoms with Crippen LogP contribution in [0.3, 0.4) is 0 Å². The van der Waals surface area contributed by atoms with E-state index in [4.69, 9.17) is 0 Å². The van der Waals surface area contributed by atoms with Crippen LogP contribution in [-0.2, 0) is 6.42 Å². The molecule has 0 amide bonds. The van der Waals surface area contributed by atoms with E-state index in [1.54, 1.807) is 6.07 Å². The number of halogens is 2. The van der Waals surface area contributed by atoms with Crippen LogP contribution in [0.15, 0.2) is 22.7 Å². The summed E-state index contributed by atoms with van der Waals surface area (Å²) in [6.45, 7) is 9.79. The summed E-state index contributed by atoms with van der Waals surface area (Å²) in [4.78, 5) is 0. The Hall–Kier alpha value is -0.410. The molecule has 0 aliphatic carbocycles. The first-order valence-corrected chi connectivity index (χ1v) is 7.84. The van der Waals surface area contributed by atoms with Crippen molar-refractivity contribution < 1.29 is 4.39 Å². The van der Waals surface area contributed by atoms with Crippen molar-refractivity contribution in [3.63, 3.8) is 0 Å². The minimum Gasteiger partial charge on any atom is -0.314 e. The molecule has 19 heavy (non-hydrogen) atoms. The fourth-order valence-corrected chi connectivity index (χ4v) is 2.88. The van der Waals surface area contributed by atoms with Gasteiger partial charge in [0.15, 0.2) is 0 Å². The monoisotopic (exact) mass is 329 g/mol. The van der Waals surface area contributed by atoms with Gasteiger partial charge in [0, 0.05) is 10.5 Å². The molecule has 0 bridgehead atoms. The molecule has 0 saturated carbocycles. The molecule has 1 aromatic rings. The molecule has 0 spiro atoms. The summed E-state index contributed by atoms with van der Waals surface area (Å²) in [6, 6.07) is 5.67. The minimum absolute atomic E-state index is 0.163. The molecular formula is C16H25BrFN. The summed E-state index contributed by atoms with van der Waals surface area (Å²) >= 11 is 3.36. The van der Waals surface area contributed by atoms with Gasteiger partial charge in [0.1, 0.15) is 5.82 Å². The van der Waals surface area contributed by atoms with Gasteiger partial charge in [-0.15, -0.1) is 0 Å². The Morgan fingerprint density at radius 1 is 1.16 bits per heavy atom.